The maximum Gasteiger partial charge on any atom is 0.337 e. The fourth-order valence-electron chi connectivity index (χ4n) is 2.22. The molecular weight excluding hydrogens is 254 g/mol. The second kappa shape index (κ2) is 4.77. The van der Waals surface area contributed by atoms with Gasteiger partial charge in [0.2, 0.25) is 0 Å². The van der Waals surface area contributed by atoms with Crippen LogP contribution in [0.5, 0.6) is 0 Å². The Balaban J connectivity index is 2.12. The summed E-state index contributed by atoms with van der Waals surface area (Å²) in [4.78, 5) is 11.1. The van der Waals surface area contributed by atoms with Gasteiger partial charge in [0.1, 0.15) is 5.82 Å². The van der Waals surface area contributed by atoms with Crippen molar-refractivity contribution in [2.24, 2.45) is 0 Å². The third-order valence-corrected chi connectivity index (χ3v) is 3.36. The third kappa shape index (κ3) is 2.03. The molecule has 5 nitrogen and oxygen atoms in total. The lowest BCUT2D eigenvalue weighted by Crippen LogP contribution is -2.04. The molecule has 0 radical (unpaired) electrons. The largest absolute Gasteiger partial charge is 0.478 e. The number of hydrogen-bond donors (Lipinski definition) is 1. The van der Waals surface area contributed by atoms with E-state index >= 15 is 0 Å². The lowest BCUT2D eigenvalue weighted by Gasteiger charge is -2.10. The maximum absolute atomic E-state index is 11.1. The number of benzene rings is 1. The van der Waals surface area contributed by atoms with Crippen molar-refractivity contribution in [1.29, 1.82) is 0 Å². The van der Waals surface area contributed by atoms with Gasteiger partial charge in [-0.3, -0.25) is 4.40 Å². The van der Waals surface area contributed by atoms with E-state index in [0.717, 1.165) is 11.4 Å². The van der Waals surface area contributed by atoms with Crippen LogP contribution in [-0.2, 0) is 0 Å². The summed E-state index contributed by atoms with van der Waals surface area (Å²) in [5.74, 6) is -0.191. The van der Waals surface area contributed by atoms with Gasteiger partial charge in [0.15, 0.2) is 5.65 Å². The highest BCUT2D eigenvalue weighted by atomic mass is 16.4. The van der Waals surface area contributed by atoms with Crippen molar-refractivity contribution in [3.05, 3.63) is 65.6 Å². The SMILES string of the molecule is CC(c1ccccc1)c1nnc2ccc(C(=O)O)cn12. The summed E-state index contributed by atoms with van der Waals surface area (Å²) in [6.07, 6.45) is 1.56. The first-order valence-electron chi connectivity index (χ1n) is 6.30. The van der Waals surface area contributed by atoms with Crippen LogP contribution in [0.3, 0.4) is 0 Å². The Hall–Kier alpha value is -2.69. The van der Waals surface area contributed by atoms with Crippen molar-refractivity contribution >= 4 is 11.6 Å². The first kappa shape index (κ1) is 12.3. The molecule has 3 aromatic rings. The molecule has 100 valence electrons. The Morgan fingerprint density at radius 3 is 2.60 bits per heavy atom. The lowest BCUT2D eigenvalue weighted by atomic mass is 10.0. The topological polar surface area (TPSA) is 67.5 Å². The monoisotopic (exact) mass is 267 g/mol. The molecule has 0 saturated carbocycles. The molecule has 0 spiro atoms. The molecule has 2 heterocycles. The van der Waals surface area contributed by atoms with Crippen molar-refractivity contribution in [2.75, 3.05) is 0 Å². The molecule has 20 heavy (non-hydrogen) atoms. The van der Waals surface area contributed by atoms with Crippen LogP contribution < -0.4 is 0 Å². The Morgan fingerprint density at radius 2 is 1.90 bits per heavy atom. The van der Waals surface area contributed by atoms with Gasteiger partial charge in [0, 0.05) is 12.1 Å². The summed E-state index contributed by atoms with van der Waals surface area (Å²) in [5.41, 5.74) is 1.98. The van der Waals surface area contributed by atoms with Crippen LogP contribution in [0.4, 0.5) is 0 Å². The molecule has 1 atom stereocenters. The molecule has 5 heteroatoms. The van der Waals surface area contributed by atoms with Crippen LogP contribution in [0.25, 0.3) is 5.65 Å². The second-order valence-corrected chi connectivity index (χ2v) is 4.64. The summed E-state index contributed by atoms with van der Waals surface area (Å²) in [5, 5.41) is 17.4. The normalized spacial score (nSPS) is 12.4. The van der Waals surface area contributed by atoms with E-state index in [1.807, 2.05) is 37.3 Å². The zero-order chi connectivity index (χ0) is 14.1. The minimum absolute atomic E-state index is 0.0373. The molecule has 2 aromatic heterocycles. The van der Waals surface area contributed by atoms with E-state index in [0.29, 0.717) is 5.65 Å². The fraction of sp³-hybridized carbons (Fsp3) is 0.133. The van der Waals surface area contributed by atoms with Gasteiger partial charge < -0.3 is 5.11 Å². The van der Waals surface area contributed by atoms with Gasteiger partial charge >= 0.3 is 5.97 Å². The van der Waals surface area contributed by atoms with Crippen LogP contribution >= 0.6 is 0 Å². The van der Waals surface area contributed by atoms with E-state index in [4.69, 9.17) is 5.11 Å². The zero-order valence-electron chi connectivity index (χ0n) is 10.9. The van der Waals surface area contributed by atoms with Crippen LogP contribution in [0.1, 0.15) is 34.6 Å². The van der Waals surface area contributed by atoms with Crippen LogP contribution in [0.15, 0.2) is 48.7 Å². The number of aromatic nitrogens is 3. The molecule has 0 fully saturated rings. The van der Waals surface area contributed by atoms with Crippen molar-refractivity contribution < 1.29 is 9.90 Å². The summed E-state index contributed by atoms with van der Waals surface area (Å²) in [7, 11) is 0. The van der Waals surface area contributed by atoms with Gasteiger partial charge in [-0.15, -0.1) is 10.2 Å². The highest BCUT2D eigenvalue weighted by molar-refractivity contribution is 5.87. The Morgan fingerprint density at radius 1 is 1.15 bits per heavy atom. The molecule has 0 saturated heterocycles. The molecule has 0 bridgehead atoms. The highest BCUT2D eigenvalue weighted by Crippen LogP contribution is 2.23. The van der Waals surface area contributed by atoms with Crippen molar-refractivity contribution in [3.8, 4) is 0 Å². The number of fused-ring (bicyclic) bond motifs is 1. The molecular formula is C15H13N3O2. The van der Waals surface area contributed by atoms with E-state index in [1.165, 1.54) is 6.07 Å². The third-order valence-electron chi connectivity index (χ3n) is 3.36. The summed E-state index contributed by atoms with van der Waals surface area (Å²) >= 11 is 0. The summed E-state index contributed by atoms with van der Waals surface area (Å²) in [6, 6.07) is 13.1. The number of carboxylic acids is 1. The second-order valence-electron chi connectivity index (χ2n) is 4.64. The fourth-order valence-corrected chi connectivity index (χ4v) is 2.22. The molecule has 1 N–H and O–H groups in total. The molecule has 0 aliphatic heterocycles. The Bertz CT molecular complexity index is 765. The zero-order valence-corrected chi connectivity index (χ0v) is 10.9. The number of carboxylic acid groups (broad SMARTS) is 1. The average Bonchev–Trinajstić information content (AvgIpc) is 2.90. The minimum Gasteiger partial charge on any atom is -0.478 e. The van der Waals surface area contributed by atoms with Crippen LogP contribution in [0.2, 0.25) is 0 Å². The van der Waals surface area contributed by atoms with Crippen molar-refractivity contribution in [1.82, 2.24) is 14.6 Å². The van der Waals surface area contributed by atoms with Gasteiger partial charge in [0.05, 0.1) is 5.56 Å². The quantitative estimate of drug-likeness (QED) is 0.792. The van der Waals surface area contributed by atoms with E-state index in [1.54, 1.807) is 16.7 Å². The number of nitrogens with zero attached hydrogens (tertiary/aromatic N) is 3. The smallest absolute Gasteiger partial charge is 0.337 e. The summed E-state index contributed by atoms with van der Waals surface area (Å²) < 4.78 is 1.74. The number of pyridine rings is 1. The van der Waals surface area contributed by atoms with E-state index in [2.05, 4.69) is 10.2 Å². The number of carbonyl (C=O) groups is 1. The van der Waals surface area contributed by atoms with Crippen molar-refractivity contribution in [2.45, 2.75) is 12.8 Å². The Labute approximate surface area is 115 Å². The number of hydrogen-bond acceptors (Lipinski definition) is 3. The highest BCUT2D eigenvalue weighted by Gasteiger charge is 2.16. The van der Waals surface area contributed by atoms with E-state index < -0.39 is 5.97 Å². The summed E-state index contributed by atoms with van der Waals surface area (Å²) in [6.45, 7) is 2.03. The van der Waals surface area contributed by atoms with E-state index in [9.17, 15) is 4.79 Å². The first-order valence-corrected chi connectivity index (χ1v) is 6.30. The molecule has 0 aliphatic rings. The van der Waals surface area contributed by atoms with Crippen LogP contribution in [0, 0.1) is 0 Å². The minimum atomic E-state index is -0.959. The van der Waals surface area contributed by atoms with E-state index in [-0.39, 0.29) is 11.5 Å². The molecule has 3 rings (SSSR count). The van der Waals surface area contributed by atoms with Gasteiger partial charge in [0.25, 0.3) is 0 Å². The predicted octanol–water partition coefficient (Wildman–Crippen LogP) is 2.58. The van der Waals surface area contributed by atoms with Gasteiger partial charge in [-0.25, -0.2) is 4.79 Å². The molecule has 0 amide bonds. The maximum atomic E-state index is 11.1. The number of rotatable bonds is 3. The standard InChI is InChI=1S/C15H13N3O2/c1-10(11-5-3-2-4-6-11)14-17-16-13-8-7-12(15(19)20)9-18(13)14/h2-10H,1H3,(H,19,20). The van der Waals surface area contributed by atoms with Gasteiger partial charge in [-0.05, 0) is 17.7 Å². The number of aromatic carboxylic acids is 1. The first-order chi connectivity index (χ1) is 9.66. The molecule has 1 aromatic carbocycles. The van der Waals surface area contributed by atoms with Gasteiger partial charge in [-0.1, -0.05) is 37.3 Å². The van der Waals surface area contributed by atoms with Crippen molar-refractivity contribution in [3.63, 3.8) is 0 Å². The average molecular weight is 267 g/mol. The van der Waals surface area contributed by atoms with Gasteiger partial charge in [-0.2, -0.15) is 0 Å². The molecule has 0 aliphatic carbocycles. The molecule has 1 unspecified atom stereocenters. The Kier molecular flexibility index (Phi) is 2.95. The van der Waals surface area contributed by atoms with Crippen LogP contribution in [-0.4, -0.2) is 25.7 Å². The predicted molar refractivity (Wildman–Crippen MR) is 73.9 cm³/mol. The lowest BCUT2D eigenvalue weighted by molar-refractivity contribution is 0.0696.